The van der Waals surface area contributed by atoms with Crippen LogP contribution < -0.4 is 5.32 Å². The topological polar surface area (TPSA) is 85.4 Å². The maximum Gasteiger partial charge on any atom is 0.292 e. The largest absolute Gasteiger partial charge is 0.451 e. The van der Waals surface area contributed by atoms with Crippen molar-refractivity contribution in [1.29, 1.82) is 0 Å². The fraction of sp³-hybridized carbons (Fsp3) is 0. The molecule has 24 heavy (non-hydrogen) atoms. The highest BCUT2D eigenvalue weighted by atomic mass is 35.5. The maximum absolute atomic E-state index is 12.3. The minimum Gasteiger partial charge on any atom is -0.451 e. The van der Waals surface area contributed by atoms with Gasteiger partial charge in [0.25, 0.3) is 11.6 Å². The summed E-state index contributed by atoms with van der Waals surface area (Å²) in [6.45, 7) is 0. The summed E-state index contributed by atoms with van der Waals surface area (Å²) in [6, 6.07) is 16.1. The number of hydrogen-bond donors (Lipinski definition) is 1. The van der Waals surface area contributed by atoms with Gasteiger partial charge in [0.05, 0.1) is 9.95 Å². The fourth-order valence-electron chi connectivity index (χ4n) is 2.19. The second-order valence-corrected chi connectivity index (χ2v) is 5.28. The summed E-state index contributed by atoms with van der Waals surface area (Å²) in [5.41, 5.74) is 0.566. The summed E-state index contributed by atoms with van der Waals surface area (Å²) < 4.78 is 5.52. The van der Waals surface area contributed by atoms with Crippen molar-refractivity contribution in [3.05, 3.63) is 81.6 Å². The summed E-state index contributed by atoms with van der Waals surface area (Å²) in [6.07, 6.45) is 0. The van der Waals surface area contributed by atoms with E-state index < -0.39 is 10.8 Å². The van der Waals surface area contributed by atoms with Gasteiger partial charge in [-0.3, -0.25) is 14.9 Å². The fourth-order valence-corrected chi connectivity index (χ4v) is 2.42. The lowest BCUT2D eigenvalue weighted by Gasteiger charge is -2.04. The van der Waals surface area contributed by atoms with Crippen LogP contribution in [0.2, 0.25) is 5.02 Å². The number of nitro groups is 1. The van der Waals surface area contributed by atoms with Gasteiger partial charge in [0.15, 0.2) is 5.76 Å². The van der Waals surface area contributed by atoms with Crippen molar-refractivity contribution in [3.63, 3.8) is 0 Å². The Bertz CT molecular complexity index is 920. The Morgan fingerprint density at radius 1 is 1.04 bits per heavy atom. The van der Waals surface area contributed by atoms with Gasteiger partial charge in [0, 0.05) is 11.6 Å². The molecule has 0 aliphatic heterocycles. The number of nitro benzene ring substituents is 1. The van der Waals surface area contributed by atoms with Crippen molar-refractivity contribution in [1.82, 2.24) is 0 Å². The number of rotatable bonds is 4. The number of carbonyl (C=O) groups is 1. The van der Waals surface area contributed by atoms with Crippen molar-refractivity contribution in [3.8, 4) is 11.3 Å². The molecule has 2 aromatic carbocycles. The number of nitrogens with one attached hydrogen (secondary N) is 1. The molecule has 120 valence electrons. The van der Waals surface area contributed by atoms with Crippen LogP contribution in [0.3, 0.4) is 0 Å². The minimum absolute atomic E-state index is 0.0306. The Morgan fingerprint density at radius 2 is 1.75 bits per heavy atom. The molecule has 1 heterocycles. The number of hydrogen-bond acceptors (Lipinski definition) is 4. The first-order valence-corrected chi connectivity index (χ1v) is 7.33. The highest BCUT2D eigenvalue weighted by molar-refractivity contribution is 6.33. The van der Waals surface area contributed by atoms with E-state index in [-0.39, 0.29) is 17.1 Å². The zero-order valence-electron chi connectivity index (χ0n) is 12.2. The van der Waals surface area contributed by atoms with Crippen molar-refractivity contribution < 1.29 is 14.1 Å². The van der Waals surface area contributed by atoms with E-state index in [4.69, 9.17) is 16.0 Å². The zero-order chi connectivity index (χ0) is 17.1. The van der Waals surface area contributed by atoms with Crippen LogP contribution >= 0.6 is 11.6 Å². The van der Waals surface area contributed by atoms with Crippen molar-refractivity contribution in [2.24, 2.45) is 0 Å². The number of carbonyl (C=O) groups excluding carboxylic acids is 1. The van der Waals surface area contributed by atoms with Crippen LogP contribution in [0.1, 0.15) is 10.6 Å². The van der Waals surface area contributed by atoms with Crippen LogP contribution in [0.25, 0.3) is 11.3 Å². The molecule has 0 saturated carbocycles. The van der Waals surface area contributed by atoms with E-state index in [2.05, 4.69) is 5.32 Å². The quantitative estimate of drug-likeness (QED) is 0.547. The van der Waals surface area contributed by atoms with Gasteiger partial charge in [0.2, 0.25) is 0 Å². The first-order valence-electron chi connectivity index (χ1n) is 6.96. The van der Waals surface area contributed by atoms with Crippen LogP contribution in [-0.4, -0.2) is 10.8 Å². The molecule has 0 spiro atoms. The molecular formula is C17H11ClN2O4. The van der Waals surface area contributed by atoms with Gasteiger partial charge in [-0.25, -0.2) is 0 Å². The SMILES string of the molecule is O=C(Nc1ccccc1[N+](=O)[O-])c1ccc(-c2ccccc2Cl)o1. The molecule has 1 aromatic heterocycles. The molecule has 0 bridgehead atoms. The van der Waals surface area contributed by atoms with E-state index in [0.29, 0.717) is 16.3 Å². The first-order chi connectivity index (χ1) is 11.6. The number of halogens is 1. The van der Waals surface area contributed by atoms with Gasteiger partial charge >= 0.3 is 0 Å². The third-order valence-corrected chi connectivity index (χ3v) is 3.65. The number of anilines is 1. The van der Waals surface area contributed by atoms with E-state index in [1.807, 2.05) is 0 Å². The number of benzene rings is 2. The number of nitrogens with zero attached hydrogens (tertiary/aromatic N) is 1. The van der Waals surface area contributed by atoms with Crippen LogP contribution in [-0.2, 0) is 0 Å². The number of para-hydroxylation sites is 2. The highest BCUT2D eigenvalue weighted by Gasteiger charge is 2.18. The van der Waals surface area contributed by atoms with E-state index in [0.717, 1.165) is 0 Å². The summed E-state index contributed by atoms with van der Waals surface area (Å²) in [5.74, 6) is -0.112. The Hall–Kier alpha value is -3.12. The number of amides is 1. The predicted molar refractivity (Wildman–Crippen MR) is 90.2 cm³/mol. The molecular weight excluding hydrogens is 332 g/mol. The molecule has 0 saturated heterocycles. The van der Waals surface area contributed by atoms with Gasteiger partial charge in [-0.2, -0.15) is 0 Å². The predicted octanol–water partition coefficient (Wildman–Crippen LogP) is 4.76. The van der Waals surface area contributed by atoms with Gasteiger partial charge < -0.3 is 9.73 Å². The Labute approximate surface area is 141 Å². The Balaban J connectivity index is 1.85. The van der Waals surface area contributed by atoms with E-state index in [9.17, 15) is 14.9 Å². The third-order valence-electron chi connectivity index (χ3n) is 3.32. The lowest BCUT2D eigenvalue weighted by Crippen LogP contribution is -2.12. The lowest BCUT2D eigenvalue weighted by molar-refractivity contribution is -0.383. The molecule has 3 rings (SSSR count). The van der Waals surface area contributed by atoms with Gasteiger partial charge in [-0.05, 0) is 30.3 Å². The molecule has 7 heteroatoms. The molecule has 0 unspecified atom stereocenters. The minimum atomic E-state index is -0.581. The summed E-state index contributed by atoms with van der Waals surface area (Å²) in [7, 11) is 0. The average Bonchev–Trinajstić information content (AvgIpc) is 3.05. The van der Waals surface area contributed by atoms with Crippen LogP contribution in [0.5, 0.6) is 0 Å². The molecule has 0 aliphatic carbocycles. The van der Waals surface area contributed by atoms with Crippen molar-refractivity contribution in [2.45, 2.75) is 0 Å². The smallest absolute Gasteiger partial charge is 0.292 e. The summed E-state index contributed by atoms with van der Waals surface area (Å²) in [4.78, 5) is 22.7. The lowest BCUT2D eigenvalue weighted by atomic mass is 10.2. The molecule has 1 amide bonds. The van der Waals surface area contributed by atoms with Crippen LogP contribution in [0, 0.1) is 10.1 Å². The Kier molecular flexibility index (Phi) is 4.31. The van der Waals surface area contributed by atoms with Crippen molar-refractivity contribution >= 4 is 28.9 Å². The Morgan fingerprint density at radius 3 is 2.50 bits per heavy atom. The van der Waals surface area contributed by atoms with E-state index in [1.165, 1.54) is 24.3 Å². The van der Waals surface area contributed by atoms with Gasteiger partial charge in [0.1, 0.15) is 11.4 Å². The molecule has 0 aliphatic rings. The van der Waals surface area contributed by atoms with E-state index in [1.54, 1.807) is 36.4 Å². The monoisotopic (exact) mass is 342 g/mol. The highest BCUT2D eigenvalue weighted by Crippen LogP contribution is 2.30. The third kappa shape index (κ3) is 3.13. The van der Waals surface area contributed by atoms with Gasteiger partial charge in [-0.15, -0.1) is 0 Å². The normalized spacial score (nSPS) is 10.4. The second-order valence-electron chi connectivity index (χ2n) is 4.87. The van der Waals surface area contributed by atoms with E-state index >= 15 is 0 Å². The summed E-state index contributed by atoms with van der Waals surface area (Å²) >= 11 is 6.10. The van der Waals surface area contributed by atoms with Crippen molar-refractivity contribution in [2.75, 3.05) is 5.32 Å². The molecule has 0 atom stereocenters. The standard InChI is InChI=1S/C17H11ClN2O4/c18-12-6-2-1-5-11(12)15-9-10-16(24-15)17(21)19-13-7-3-4-8-14(13)20(22)23/h1-10H,(H,19,21). The molecule has 3 aromatic rings. The maximum atomic E-state index is 12.3. The van der Waals surface area contributed by atoms with Crippen LogP contribution in [0.15, 0.2) is 65.1 Å². The first kappa shape index (κ1) is 15.8. The zero-order valence-corrected chi connectivity index (χ0v) is 13.0. The van der Waals surface area contributed by atoms with Crippen LogP contribution in [0.4, 0.5) is 11.4 Å². The van der Waals surface area contributed by atoms with Gasteiger partial charge in [-0.1, -0.05) is 35.9 Å². The molecule has 6 nitrogen and oxygen atoms in total. The second kappa shape index (κ2) is 6.55. The molecule has 0 fully saturated rings. The number of furan rings is 1. The molecule has 1 N–H and O–H groups in total. The average molecular weight is 343 g/mol. The summed E-state index contributed by atoms with van der Waals surface area (Å²) in [5, 5.41) is 14.0. The molecule has 0 radical (unpaired) electrons.